The molecule has 1 amide bonds. The van der Waals surface area contributed by atoms with Crippen molar-refractivity contribution in [2.45, 2.75) is 18.9 Å². The van der Waals surface area contributed by atoms with Gasteiger partial charge in [0.2, 0.25) is 0 Å². The average Bonchev–Trinajstić information content (AvgIpc) is 3.53. The van der Waals surface area contributed by atoms with Crippen LogP contribution in [0.5, 0.6) is 5.75 Å². The van der Waals surface area contributed by atoms with E-state index in [2.05, 4.69) is 17.1 Å². The summed E-state index contributed by atoms with van der Waals surface area (Å²) >= 11 is 1.44. The summed E-state index contributed by atoms with van der Waals surface area (Å²) in [6.07, 6.45) is 4.72. The van der Waals surface area contributed by atoms with Gasteiger partial charge in [0.1, 0.15) is 5.75 Å². The van der Waals surface area contributed by atoms with Gasteiger partial charge in [-0.1, -0.05) is 48.5 Å². The number of hydrazone groups is 1. The third-order valence-electron chi connectivity index (χ3n) is 5.92. The van der Waals surface area contributed by atoms with Crippen LogP contribution in [0.2, 0.25) is 0 Å². The molecule has 0 radical (unpaired) electrons. The molecule has 2 aromatic heterocycles. The number of thiophene rings is 1. The number of benzene rings is 2. The maximum absolute atomic E-state index is 13.7. The van der Waals surface area contributed by atoms with Gasteiger partial charge in [-0.3, -0.25) is 9.78 Å². The molecule has 1 unspecified atom stereocenters. The fourth-order valence-electron chi connectivity index (χ4n) is 4.26. The summed E-state index contributed by atoms with van der Waals surface area (Å²) in [5.41, 5.74) is 10.3. The second kappa shape index (κ2) is 9.59. The highest BCUT2D eigenvalue weighted by atomic mass is 32.1. The number of aromatic hydroxyl groups is 1. The van der Waals surface area contributed by atoms with Gasteiger partial charge in [-0.05, 0) is 48.4 Å². The highest BCUT2D eigenvalue weighted by molar-refractivity contribution is 7.17. The van der Waals surface area contributed by atoms with Crippen molar-refractivity contribution < 1.29 is 9.90 Å². The van der Waals surface area contributed by atoms with Crippen molar-refractivity contribution >= 4 is 23.0 Å². The fourth-order valence-corrected chi connectivity index (χ4v) is 5.26. The zero-order valence-electron chi connectivity index (χ0n) is 18.5. The Hall–Kier alpha value is -3.81. The molecule has 1 atom stereocenters. The molecule has 1 aliphatic heterocycles. The summed E-state index contributed by atoms with van der Waals surface area (Å²) in [7, 11) is 0. The molecule has 0 saturated carbocycles. The van der Waals surface area contributed by atoms with Crippen LogP contribution in [-0.2, 0) is 6.42 Å². The smallest absolute Gasteiger partial charge is 0.284 e. The lowest BCUT2D eigenvalue weighted by Crippen LogP contribution is -2.26. The van der Waals surface area contributed by atoms with E-state index >= 15 is 0 Å². The number of phenols is 1. The summed E-state index contributed by atoms with van der Waals surface area (Å²) in [5, 5.41) is 16.7. The van der Waals surface area contributed by atoms with Crippen LogP contribution < -0.4 is 5.73 Å². The largest absolute Gasteiger partial charge is 0.508 e. The predicted molar refractivity (Wildman–Crippen MR) is 135 cm³/mol. The van der Waals surface area contributed by atoms with Gasteiger partial charge in [0, 0.05) is 34.8 Å². The molecule has 0 spiro atoms. The molecule has 6 nitrogen and oxygen atoms in total. The number of nitrogens with zero attached hydrogens (tertiary/aromatic N) is 3. The Morgan fingerprint density at radius 1 is 1.06 bits per heavy atom. The number of pyridine rings is 1. The first-order valence-electron chi connectivity index (χ1n) is 11.1. The lowest BCUT2D eigenvalue weighted by molar-refractivity contribution is 0.0714. The average molecular weight is 469 g/mol. The highest BCUT2D eigenvalue weighted by Gasteiger charge is 2.35. The number of amides is 1. The van der Waals surface area contributed by atoms with Crippen molar-refractivity contribution in [2.75, 3.05) is 6.54 Å². The first kappa shape index (κ1) is 22.0. The molecular weight excluding hydrogens is 444 g/mol. The van der Waals surface area contributed by atoms with Crippen LogP contribution in [0, 0.1) is 0 Å². The Balaban J connectivity index is 1.51. The molecule has 2 aromatic carbocycles. The van der Waals surface area contributed by atoms with Crippen molar-refractivity contribution in [3.63, 3.8) is 0 Å². The van der Waals surface area contributed by atoms with Crippen molar-refractivity contribution in [3.05, 3.63) is 107 Å². The van der Waals surface area contributed by atoms with Crippen molar-refractivity contribution in [2.24, 2.45) is 10.8 Å². The molecule has 7 heteroatoms. The minimum Gasteiger partial charge on any atom is -0.508 e. The van der Waals surface area contributed by atoms with Crippen LogP contribution in [0.4, 0.5) is 0 Å². The van der Waals surface area contributed by atoms with E-state index in [9.17, 15) is 9.90 Å². The quantitative estimate of drug-likeness (QED) is 0.416. The SMILES string of the molecule is NCCc1ccccc1-c1ccc(C(=O)N2N=C(c3cccnc3)CC2c2ccccc2O)s1. The van der Waals surface area contributed by atoms with Crippen LogP contribution in [0.3, 0.4) is 0 Å². The van der Waals surface area contributed by atoms with Gasteiger partial charge < -0.3 is 10.8 Å². The van der Waals surface area contributed by atoms with E-state index in [1.807, 2.05) is 48.5 Å². The van der Waals surface area contributed by atoms with Crippen LogP contribution in [-0.4, -0.2) is 33.3 Å². The number of carbonyl (C=O) groups is 1. The zero-order valence-corrected chi connectivity index (χ0v) is 19.3. The van der Waals surface area contributed by atoms with Crippen LogP contribution >= 0.6 is 11.3 Å². The van der Waals surface area contributed by atoms with Gasteiger partial charge in [0.25, 0.3) is 5.91 Å². The summed E-state index contributed by atoms with van der Waals surface area (Å²) in [4.78, 5) is 19.5. The monoisotopic (exact) mass is 468 g/mol. The molecular formula is C27H24N4O2S. The first-order chi connectivity index (χ1) is 16.7. The number of phenolic OH excluding ortho intramolecular Hbond substituents is 1. The predicted octanol–water partition coefficient (Wildman–Crippen LogP) is 5.01. The highest BCUT2D eigenvalue weighted by Crippen LogP contribution is 2.39. The van der Waals surface area contributed by atoms with Gasteiger partial charge >= 0.3 is 0 Å². The van der Waals surface area contributed by atoms with Gasteiger partial charge in [0.05, 0.1) is 16.6 Å². The van der Waals surface area contributed by atoms with E-state index in [0.29, 0.717) is 23.4 Å². The van der Waals surface area contributed by atoms with Crippen LogP contribution in [0.15, 0.2) is 90.3 Å². The molecule has 3 N–H and O–H groups in total. The van der Waals surface area contributed by atoms with Crippen LogP contribution in [0.1, 0.15) is 38.8 Å². The molecule has 1 aliphatic rings. The molecule has 0 saturated heterocycles. The lowest BCUT2D eigenvalue weighted by atomic mass is 9.98. The number of para-hydroxylation sites is 1. The Morgan fingerprint density at radius 3 is 2.68 bits per heavy atom. The van der Waals surface area contributed by atoms with E-state index in [0.717, 1.165) is 33.7 Å². The van der Waals surface area contributed by atoms with E-state index in [-0.39, 0.29) is 11.7 Å². The summed E-state index contributed by atoms with van der Waals surface area (Å²) in [5.74, 6) is -0.0461. The summed E-state index contributed by atoms with van der Waals surface area (Å²) in [6.45, 7) is 0.566. The fraction of sp³-hybridized carbons (Fsp3) is 0.148. The normalized spacial score (nSPS) is 15.4. The maximum atomic E-state index is 13.7. The van der Waals surface area contributed by atoms with Gasteiger partial charge in [-0.15, -0.1) is 11.3 Å². The number of aromatic nitrogens is 1. The van der Waals surface area contributed by atoms with Crippen molar-refractivity contribution in [3.8, 4) is 16.2 Å². The molecule has 4 aromatic rings. The Morgan fingerprint density at radius 2 is 1.88 bits per heavy atom. The molecule has 0 aliphatic carbocycles. The minimum atomic E-state index is -0.404. The van der Waals surface area contributed by atoms with Crippen molar-refractivity contribution in [1.82, 2.24) is 9.99 Å². The summed E-state index contributed by atoms with van der Waals surface area (Å²) < 4.78 is 0. The number of carbonyl (C=O) groups excluding carboxylic acids is 1. The molecule has 34 heavy (non-hydrogen) atoms. The molecule has 3 heterocycles. The number of rotatable bonds is 6. The van der Waals surface area contributed by atoms with Crippen LogP contribution in [0.25, 0.3) is 10.4 Å². The van der Waals surface area contributed by atoms with E-state index < -0.39 is 6.04 Å². The first-order valence-corrected chi connectivity index (χ1v) is 11.9. The molecule has 0 fully saturated rings. The number of hydrogen-bond acceptors (Lipinski definition) is 6. The Kier molecular flexibility index (Phi) is 6.20. The van der Waals surface area contributed by atoms with Gasteiger partial charge in [-0.25, -0.2) is 5.01 Å². The maximum Gasteiger partial charge on any atom is 0.284 e. The number of hydrogen-bond donors (Lipinski definition) is 2. The molecule has 0 bridgehead atoms. The third kappa shape index (κ3) is 4.23. The topological polar surface area (TPSA) is 91.8 Å². The van der Waals surface area contributed by atoms with Gasteiger partial charge in [0.15, 0.2) is 0 Å². The van der Waals surface area contributed by atoms with Gasteiger partial charge in [-0.2, -0.15) is 5.10 Å². The Bertz CT molecular complexity index is 1350. The second-order valence-corrected chi connectivity index (χ2v) is 9.16. The van der Waals surface area contributed by atoms with E-state index in [1.165, 1.54) is 16.3 Å². The summed E-state index contributed by atoms with van der Waals surface area (Å²) in [6, 6.07) is 22.4. The zero-order chi connectivity index (χ0) is 23.5. The standard InChI is InChI=1S/C27H24N4O2S/c28-14-13-18-6-1-2-8-20(18)25-11-12-26(34-25)27(33)31-23(21-9-3-4-10-24(21)32)16-22(30-31)19-7-5-15-29-17-19/h1-12,15,17,23,32H,13-14,16,28H2. The minimum absolute atomic E-state index is 0.149. The van der Waals surface area contributed by atoms with E-state index in [1.54, 1.807) is 24.5 Å². The molecule has 5 rings (SSSR count). The lowest BCUT2D eigenvalue weighted by Gasteiger charge is -2.22. The second-order valence-electron chi connectivity index (χ2n) is 8.08. The third-order valence-corrected chi connectivity index (χ3v) is 7.03. The molecule has 170 valence electrons. The van der Waals surface area contributed by atoms with E-state index in [4.69, 9.17) is 10.8 Å². The number of nitrogens with two attached hydrogens (primary N) is 1. The van der Waals surface area contributed by atoms with Crippen molar-refractivity contribution in [1.29, 1.82) is 0 Å². The Labute approximate surface area is 202 Å².